The number of nitrogens with zero attached hydrogens (tertiary/aromatic N) is 1. The summed E-state index contributed by atoms with van der Waals surface area (Å²) in [7, 11) is -3.71. The number of ether oxygens (including phenoxy) is 1. The van der Waals surface area contributed by atoms with Gasteiger partial charge in [-0.2, -0.15) is 4.31 Å². The Labute approximate surface area is 205 Å². The Morgan fingerprint density at radius 3 is 2.44 bits per heavy atom. The second-order valence-electron chi connectivity index (χ2n) is 8.56. The average Bonchev–Trinajstić information content (AvgIpc) is 2.83. The summed E-state index contributed by atoms with van der Waals surface area (Å²) in [6.45, 7) is 4.70. The van der Waals surface area contributed by atoms with Crippen LogP contribution in [0.4, 0.5) is 5.69 Å². The van der Waals surface area contributed by atoms with Crippen LogP contribution in [0.2, 0.25) is 5.02 Å². The van der Waals surface area contributed by atoms with E-state index in [9.17, 15) is 13.2 Å². The number of carbonyl (C=O) groups is 1. The van der Waals surface area contributed by atoms with Gasteiger partial charge in [0.1, 0.15) is 5.75 Å². The van der Waals surface area contributed by atoms with Gasteiger partial charge in [-0.25, -0.2) is 8.42 Å². The molecule has 1 aliphatic heterocycles. The summed E-state index contributed by atoms with van der Waals surface area (Å²) < 4.78 is 33.3. The van der Waals surface area contributed by atoms with Crippen molar-refractivity contribution < 1.29 is 17.9 Å². The molecule has 0 bridgehead atoms. The zero-order valence-electron chi connectivity index (χ0n) is 19.1. The van der Waals surface area contributed by atoms with E-state index in [1.165, 1.54) is 33.6 Å². The molecule has 1 amide bonds. The first kappa shape index (κ1) is 24.3. The van der Waals surface area contributed by atoms with Crippen LogP contribution in [0.1, 0.15) is 36.5 Å². The Bertz CT molecular complexity index is 1290. The van der Waals surface area contributed by atoms with Crippen LogP contribution in [0.15, 0.2) is 71.6 Å². The molecule has 34 heavy (non-hydrogen) atoms. The summed E-state index contributed by atoms with van der Waals surface area (Å²) in [6.07, 6.45) is 0.666. The van der Waals surface area contributed by atoms with Gasteiger partial charge in [0, 0.05) is 18.8 Å². The van der Waals surface area contributed by atoms with Crippen molar-refractivity contribution in [1.29, 1.82) is 0 Å². The van der Waals surface area contributed by atoms with Crippen molar-refractivity contribution >= 4 is 33.2 Å². The Balaban J connectivity index is 1.38. The van der Waals surface area contributed by atoms with Crippen LogP contribution in [0.5, 0.6) is 5.75 Å². The first-order valence-corrected chi connectivity index (χ1v) is 12.9. The average molecular weight is 499 g/mol. The van der Waals surface area contributed by atoms with Crippen molar-refractivity contribution in [1.82, 2.24) is 4.31 Å². The summed E-state index contributed by atoms with van der Waals surface area (Å²) >= 11 is 6.31. The van der Waals surface area contributed by atoms with Gasteiger partial charge in [0.05, 0.1) is 9.92 Å². The highest BCUT2D eigenvalue weighted by atomic mass is 35.5. The first-order valence-electron chi connectivity index (χ1n) is 11.1. The Hall–Kier alpha value is -2.87. The van der Waals surface area contributed by atoms with Gasteiger partial charge >= 0.3 is 0 Å². The highest BCUT2D eigenvalue weighted by Gasteiger charge is 2.28. The van der Waals surface area contributed by atoms with Crippen LogP contribution in [0.3, 0.4) is 0 Å². The van der Waals surface area contributed by atoms with E-state index < -0.39 is 10.0 Å². The van der Waals surface area contributed by atoms with E-state index in [1.807, 2.05) is 48.5 Å². The van der Waals surface area contributed by atoms with Crippen molar-refractivity contribution in [3.05, 3.63) is 88.4 Å². The third-order valence-corrected chi connectivity index (χ3v) is 7.99. The number of nitrogens with one attached hydrogen (secondary N) is 1. The summed E-state index contributed by atoms with van der Waals surface area (Å²) in [5.41, 5.74) is 4.04. The van der Waals surface area contributed by atoms with Gasteiger partial charge < -0.3 is 10.1 Å². The van der Waals surface area contributed by atoms with Gasteiger partial charge in [-0.15, -0.1) is 0 Å². The topological polar surface area (TPSA) is 75.7 Å². The highest BCUT2D eigenvalue weighted by Crippen LogP contribution is 2.31. The monoisotopic (exact) mass is 498 g/mol. The molecule has 4 rings (SSSR count). The molecule has 3 aromatic carbocycles. The third kappa shape index (κ3) is 5.43. The van der Waals surface area contributed by atoms with E-state index in [0.717, 1.165) is 5.56 Å². The molecule has 0 aromatic heterocycles. The van der Waals surface area contributed by atoms with E-state index >= 15 is 0 Å². The molecule has 0 aliphatic carbocycles. The van der Waals surface area contributed by atoms with E-state index in [4.69, 9.17) is 16.3 Å². The molecule has 0 radical (unpaired) electrons. The fourth-order valence-corrected chi connectivity index (χ4v) is 5.62. The normalized spacial score (nSPS) is 14.0. The maximum absolute atomic E-state index is 13.2. The maximum atomic E-state index is 13.2. The Kier molecular flexibility index (Phi) is 7.26. The number of sulfonamides is 1. The summed E-state index contributed by atoms with van der Waals surface area (Å²) in [5, 5.41) is 2.91. The number of amides is 1. The summed E-state index contributed by atoms with van der Waals surface area (Å²) in [5.74, 6) is 0.319. The number of benzene rings is 3. The van der Waals surface area contributed by atoms with Crippen LogP contribution in [-0.2, 0) is 27.8 Å². The van der Waals surface area contributed by atoms with Crippen molar-refractivity contribution in [2.24, 2.45) is 0 Å². The van der Waals surface area contributed by atoms with Crippen molar-refractivity contribution in [2.75, 3.05) is 18.5 Å². The molecule has 0 fully saturated rings. The minimum Gasteiger partial charge on any atom is -0.482 e. The fourth-order valence-electron chi connectivity index (χ4n) is 3.87. The van der Waals surface area contributed by atoms with Crippen molar-refractivity contribution in [3.63, 3.8) is 0 Å². The third-order valence-electron chi connectivity index (χ3n) is 5.86. The number of carbonyl (C=O) groups excluding carboxylic acids is 1. The molecule has 8 heteroatoms. The molecule has 1 aliphatic rings. The molecule has 3 aromatic rings. The van der Waals surface area contributed by atoms with Gasteiger partial charge in [-0.1, -0.05) is 61.8 Å². The lowest BCUT2D eigenvalue weighted by Crippen LogP contribution is -2.35. The lowest BCUT2D eigenvalue weighted by atomic mass is 10.0. The molecular weight excluding hydrogens is 472 g/mol. The number of hydrogen-bond donors (Lipinski definition) is 1. The number of rotatable bonds is 7. The first-order chi connectivity index (χ1) is 16.2. The van der Waals surface area contributed by atoms with E-state index in [0.29, 0.717) is 31.1 Å². The Morgan fingerprint density at radius 2 is 1.76 bits per heavy atom. The number of anilines is 1. The van der Waals surface area contributed by atoms with Gasteiger partial charge in [-0.05, 0) is 59.4 Å². The summed E-state index contributed by atoms with van der Waals surface area (Å²) in [6, 6.07) is 19.8. The number of hydrogen-bond acceptors (Lipinski definition) is 4. The predicted molar refractivity (Wildman–Crippen MR) is 134 cm³/mol. The smallest absolute Gasteiger partial charge is 0.262 e. The van der Waals surface area contributed by atoms with E-state index in [2.05, 4.69) is 19.2 Å². The number of fused-ring (bicyclic) bond motifs is 1. The van der Waals surface area contributed by atoms with Crippen LogP contribution >= 0.6 is 11.6 Å². The Morgan fingerprint density at radius 1 is 1.06 bits per heavy atom. The zero-order valence-corrected chi connectivity index (χ0v) is 20.7. The molecular formula is C26H27ClN2O4S. The minimum absolute atomic E-state index is 0.0962. The zero-order chi connectivity index (χ0) is 24.3. The van der Waals surface area contributed by atoms with Crippen LogP contribution < -0.4 is 10.1 Å². The lowest BCUT2D eigenvalue weighted by molar-refractivity contribution is -0.118. The highest BCUT2D eigenvalue weighted by molar-refractivity contribution is 7.89. The SMILES string of the molecule is CC(C)c1ccc(NC(=O)COc2ccc(S(=O)(=O)N3CCc4ccccc4C3)cc2Cl)cc1. The van der Waals surface area contributed by atoms with Crippen LogP contribution in [0, 0.1) is 0 Å². The van der Waals surface area contributed by atoms with Crippen LogP contribution in [-0.4, -0.2) is 31.8 Å². The minimum atomic E-state index is -3.71. The lowest BCUT2D eigenvalue weighted by Gasteiger charge is -2.28. The van der Waals surface area contributed by atoms with Gasteiger partial charge in [0.15, 0.2) is 6.61 Å². The molecule has 1 heterocycles. The van der Waals surface area contributed by atoms with Crippen molar-refractivity contribution in [2.45, 2.75) is 37.6 Å². The second kappa shape index (κ2) is 10.2. The molecule has 0 saturated carbocycles. The quantitative estimate of drug-likeness (QED) is 0.484. The molecule has 0 saturated heterocycles. The summed E-state index contributed by atoms with van der Waals surface area (Å²) in [4.78, 5) is 12.4. The maximum Gasteiger partial charge on any atom is 0.262 e. The molecule has 0 spiro atoms. The molecule has 178 valence electrons. The van der Waals surface area contributed by atoms with E-state index in [1.54, 1.807) is 0 Å². The molecule has 1 N–H and O–H groups in total. The second-order valence-corrected chi connectivity index (χ2v) is 10.9. The van der Waals surface area contributed by atoms with Gasteiger partial charge in [0.2, 0.25) is 10.0 Å². The van der Waals surface area contributed by atoms with E-state index in [-0.39, 0.29) is 28.2 Å². The molecule has 0 unspecified atom stereocenters. The van der Waals surface area contributed by atoms with Crippen LogP contribution in [0.25, 0.3) is 0 Å². The largest absolute Gasteiger partial charge is 0.482 e. The van der Waals surface area contributed by atoms with Crippen molar-refractivity contribution in [3.8, 4) is 5.75 Å². The van der Waals surface area contributed by atoms with Gasteiger partial charge in [0.25, 0.3) is 5.91 Å². The van der Waals surface area contributed by atoms with Gasteiger partial charge in [-0.3, -0.25) is 4.79 Å². The standard InChI is InChI=1S/C26H27ClN2O4S/c1-18(2)19-7-9-22(10-8-19)28-26(30)17-33-25-12-11-23(15-24(25)27)34(31,32)29-14-13-20-5-3-4-6-21(20)16-29/h3-12,15,18H,13-14,16-17H2,1-2H3,(H,28,30). The predicted octanol–water partition coefficient (Wildman–Crippen LogP) is 5.23. The molecule has 0 atom stereocenters. The number of halogens is 1. The fraction of sp³-hybridized carbons (Fsp3) is 0.269. The molecule has 6 nitrogen and oxygen atoms in total.